The largest absolute Gasteiger partial charge is 0.493 e. The van der Waals surface area contributed by atoms with E-state index in [1.807, 2.05) is 13.8 Å². The van der Waals surface area contributed by atoms with Crippen molar-refractivity contribution in [2.24, 2.45) is 17.6 Å². The minimum Gasteiger partial charge on any atom is -0.493 e. The van der Waals surface area contributed by atoms with Crippen LogP contribution in [0.4, 0.5) is 10.2 Å². The lowest BCUT2D eigenvalue weighted by Gasteiger charge is -2.33. The van der Waals surface area contributed by atoms with Crippen molar-refractivity contribution < 1.29 is 13.9 Å². The summed E-state index contributed by atoms with van der Waals surface area (Å²) in [6.07, 6.45) is 0.990. The number of nitrogens with two attached hydrogens (primary N) is 1. The molecule has 1 aromatic carbocycles. The van der Waals surface area contributed by atoms with Gasteiger partial charge in [-0.05, 0) is 56.4 Å². The molecule has 2 N–H and O–H groups in total. The first-order chi connectivity index (χ1) is 13.6. The Morgan fingerprint density at radius 3 is 2.66 bits per heavy atom. The third kappa shape index (κ3) is 4.69. The number of carbonyl (C=O) groups excluding carboxylic acids is 1. The molecule has 0 aliphatic carbocycles. The van der Waals surface area contributed by atoms with Gasteiger partial charge in [-0.1, -0.05) is 20.8 Å². The fourth-order valence-corrected chi connectivity index (χ4v) is 4.02. The number of carbonyl (C=O) groups is 1. The predicted octanol–water partition coefficient (Wildman–Crippen LogP) is 4.65. The second-order valence-electron chi connectivity index (χ2n) is 9.04. The fourth-order valence-electron chi connectivity index (χ4n) is 4.02. The molecular formula is C23H30FN3O2. The van der Waals surface area contributed by atoms with Gasteiger partial charge >= 0.3 is 0 Å². The van der Waals surface area contributed by atoms with Crippen molar-refractivity contribution in [1.82, 2.24) is 4.98 Å². The summed E-state index contributed by atoms with van der Waals surface area (Å²) in [6, 6.07) is 7.96. The van der Waals surface area contributed by atoms with Crippen LogP contribution in [0.3, 0.4) is 0 Å². The van der Waals surface area contributed by atoms with Gasteiger partial charge in [0.15, 0.2) is 0 Å². The summed E-state index contributed by atoms with van der Waals surface area (Å²) >= 11 is 0. The molecule has 1 aromatic heterocycles. The number of pyridine rings is 1. The summed E-state index contributed by atoms with van der Waals surface area (Å²) in [5.41, 5.74) is 7.03. The average molecular weight is 400 g/mol. The fraction of sp³-hybridized carbons (Fsp3) is 0.478. The van der Waals surface area contributed by atoms with Gasteiger partial charge in [0.2, 0.25) is 0 Å². The number of hydrogen-bond acceptors (Lipinski definition) is 4. The van der Waals surface area contributed by atoms with Gasteiger partial charge in [-0.2, -0.15) is 0 Å². The van der Waals surface area contributed by atoms with Gasteiger partial charge in [-0.15, -0.1) is 0 Å². The second-order valence-corrected chi connectivity index (χ2v) is 9.04. The molecule has 1 atom stereocenters. The molecule has 6 heteroatoms. The van der Waals surface area contributed by atoms with E-state index in [4.69, 9.17) is 15.5 Å². The number of ether oxygens (including phenoxy) is 1. The van der Waals surface area contributed by atoms with Crippen LogP contribution in [0.1, 0.15) is 51.4 Å². The van der Waals surface area contributed by atoms with Gasteiger partial charge in [-0.25, -0.2) is 9.37 Å². The van der Waals surface area contributed by atoms with Crippen LogP contribution < -0.4 is 15.4 Å². The minimum atomic E-state index is -0.519. The Morgan fingerprint density at radius 1 is 1.34 bits per heavy atom. The van der Waals surface area contributed by atoms with E-state index in [0.29, 0.717) is 46.8 Å². The first kappa shape index (κ1) is 21.1. The molecule has 2 aromatic rings. The van der Waals surface area contributed by atoms with Crippen molar-refractivity contribution in [2.75, 3.05) is 18.1 Å². The molecule has 2 heterocycles. The van der Waals surface area contributed by atoms with E-state index in [1.54, 1.807) is 18.2 Å². The quantitative estimate of drug-likeness (QED) is 0.768. The first-order valence-electron chi connectivity index (χ1n) is 10.1. The van der Waals surface area contributed by atoms with Crippen LogP contribution >= 0.6 is 0 Å². The van der Waals surface area contributed by atoms with Crippen LogP contribution in [0.5, 0.6) is 5.75 Å². The highest BCUT2D eigenvalue weighted by Gasteiger charge is 2.38. The zero-order valence-electron chi connectivity index (χ0n) is 17.8. The Morgan fingerprint density at radius 2 is 2.07 bits per heavy atom. The Balaban J connectivity index is 2.05. The SMILES string of the molecule is CC(C)COc1cc(F)cc(-c2ccc(C(N)=O)c(N3C[C@H](C)CC3(C)C)n2)c1. The van der Waals surface area contributed by atoms with Gasteiger partial charge in [0.1, 0.15) is 17.4 Å². The Labute approximate surface area is 172 Å². The summed E-state index contributed by atoms with van der Waals surface area (Å²) < 4.78 is 19.9. The molecule has 3 rings (SSSR count). The molecule has 29 heavy (non-hydrogen) atoms. The van der Waals surface area contributed by atoms with Crippen LogP contribution in [0, 0.1) is 17.7 Å². The third-order valence-electron chi connectivity index (χ3n) is 5.22. The standard InChI is InChI=1S/C23H30FN3O2/c1-14(2)13-29-18-9-16(8-17(24)10-18)20-7-6-19(21(25)28)22(26-20)27-12-15(3)11-23(27,4)5/h6-10,14-15H,11-13H2,1-5H3,(H2,25,28)/t15-/m1/s1. The predicted molar refractivity (Wildman–Crippen MR) is 114 cm³/mol. The average Bonchev–Trinajstić information content (AvgIpc) is 2.91. The zero-order chi connectivity index (χ0) is 21.3. The lowest BCUT2D eigenvalue weighted by molar-refractivity contribution is 0.100. The molecule has 1 amide bonds. The lowest BCUT2D eigenvalue weighted by atomic mass is 9.97. The van der Waals surface area contributed by atoms with Crippen LogP contribution in [0.25, 0.3) is 11.3 Å². The number of hydrogen-bond donors (Lipinski definition) is 1. The molecule has 0 radical (unpaired) electrons. The summed E-state index contributed by atoms with van der Waals surface area (Å²) in [5, 5.41) is 0. The monoisotopic (exact) mass is 399 g/mol. The van der Waals surface area contributed by atoms with Crippen molar-refractivity contribution in [3.05, 3.63) is 41.7 Å². The molecule has 1 fully saturated rings. The Bertz CT molecular complexity index is 911. The zero-order valence-corrected chi connectivity index (χ0v) is 17.8. The van der Waals surface area contributed by atoms with Crippen molar-refractivity contribution >= 4 is 11.7 Å². The lowest BCUT2D eigenvalue weighted by Crippen LogP contribution is -2.40. The molecule has 1 aliphatic heterocycles. The summed E-state index contributed by atoms with van der Waals surface area (Å²) in [5.74, 6) is 0.916. The summed E-state index contributed by atoms with van der Waals surface area (Å²) in [4.78, 5) is 18.9. The van der Waals surface area contributed by atoms with Crippen LogP contribution in [0.2, 0.25) is 0 Å². The smallest absolute Gasteiger partial charge is 0.252 e. The van der Waals surface area contributed by atoms with Gasteiger partial charge in [0.05, 0.1) is 17.9 Å². The summed E-state index contributed by atoms with van der Waals surface area (Å²) in [7, 11) is 0. The van der Waals surface area contributed by atoms with Crippen LogP contribution in [-0.4, -0.2) is 29.6 Å². The topological polar surface area (TPSA) is 68.5 Å². The van der Waals surface area contributed by atoms with Crippen LogP contribution in [-0.2, 0) is 0 Å². The highest BCUT2D eigenvalue weighted by atomic mass is 19.1. The summed E-state index contributed by atoms with van der Waals surface area (Å²) in [6.45, 7) is 11.8. The number of rotatable bonds is 6. The number of halogens is 1. The van der Waals surface area contributed by atoms with Crippen LogP contribution in [0.15, 0.2) is 30.3 Å². The number of benzene rings is 1. The Hall–Kier alpha value is -2.63. The van der Waals surface area contributed by atoms with Crippen molar-refractivity contribution in [2.45, 2.75) is 46.6 Å². The number of nitrogens with zero attached hydrogens (tertiary/aromatic N) is 2. The minimum absolute atomic E-state index is 0.150. The van der Waals surface area contributed by atoms with E-state index >= 15 is 0 Å². The third-order valence-corrected chi connectivity index (χ3v) is 5.22. The molecule has 5 nitrogen and oxygen atoms in total. The molecular weight excluding hydrogens is 369 g/mol. The Kier molecular flexibility index (Phi) is 5.82. The normalized spacial score (nSPS) is 18.3. The number of amides is 1. The van der Waals surface area contributed by atoms with Gasteiger partial charge < -0.3 is 15.4 Å². The van der Waals surface area contributed by atoms with Crippen molar-refractivity contribution in [1.29, 1.82) is 0 Å². The maximum atomic E-state index is 14.2. The van der Waals surface area contributed by atoms with Gasteiger partial charge in [-0.3, -0.25) is 4.79 Å². The second kappa shape index (κ2) is 8.01. The maximum absolute atomic E-state index is 14.2. The molecule has 0 spiro atoms. The maximum Gasteiger partial charge on any atom is 0.252 e. The van der Waals surface area contributed by atoms with E-state index in [0.717, 1.165) is 13.0 Å². The molecule has 0 saturated carbocycles. The number of anilines is 1. The van der Waals surface area contributed by atoms with Gasteiger partial charge in [0, 0.05) is 23.7 Å². The van der Waals surface area contributed by atoms with Crippen molar-refractivity contribution in [3.8, 4) is 17.0 Å². The molecule has 1 saturated heterocycles. The molecule has 156 valence electrons. The molecule has 0 unspecified atom stereocenters. The van der Waals surface area contributed by atoms with E-state index in [1.165, 1.54) is 12.1 Å². The van der Waals surface area contributed by atoms with E-state index in [9.17, 15) is 9.18 Å². The van der Waals surface area contributed by atoms with Gasteiger partial charge in [0.25, 0.3) is 5.91 Å². The highest BCUT2D eigenvalue weighted by molar-refractivity contribution is 5.98. The number of aromatic nitrogens is 1. The molecule has 1 aliphatic rings. The van der Waals surface area contributed by atoms with E-state index < -0.39 is 11.7 Å². The highest BCUT2D eigenvalue weighted by Crippen LogP contribution is 2.38. The molecule has 0 bridgehead atoms. The first-order valence-corrected chi connectivity index (χ1v) is 10.1. The van der Waals surface area contributed by atoms with E-state index in [-0.39, 0.29) is 5.54 Å². The van der Waals surface area contributed by atoms with Crippen molar-refractivity contribution in [3.63, 3.8) is 0 Å². The number of primary amides is 1. The van der Waals surface area contributed by atoms with E-state index in [2.05, 4.69) is 25.7 Å².